The van der Waals surface area contributed by atoms with Crippen LogP contribution in [-0.4, -0.2) is 44.1 Å². The average Bonchev–Trinajstić information content (AvgIpc) is 3.21. The fourth-order valence-corrected chi connectivity index (χ4v) is 4.57. The Balaban J connectivity index is 1.57. The van der Waals surface area contributed by atoms with E-state index in [9.17, 15) is 4.79 Å². The molecule has 0 saturated carbocycles. The van der Waals surface area contributed by atoms with Crippen molar-refractivity contribution in [1.82, 2.24) is 10.2 Å². The predicted octanol–water partition coefficient (Wildman–Crippen LogP) is 2.68. The number of carbonyl (C=O) groups excluding carboxylic acids is 1. The third kappa shape index (κ3) is 2.44. The molecule has 25 heavy (non-hydrogen) atoms. The van der Waals surface area contributed by atoms with Crippen LogP contribution in [0.15, 0.2) is 36.4 Å². The fourth-order valence-electron chi connectivity index (χ4n) is 4.57. The summed E-state index contributed by atoms with van der Waals surface area (Å²) in [6.45, 7) is 3.61. The van der Waals surface area contributed by atoms with Crippen molar-refractivity contribution in [3.63, 3.8) is 0 Å². The Labute approximate surface area is 147 Å². The number of ether oxygens (including phenoxy) is 1. The lowest BCUT2D eigenvalue weighted by atomic mass is 9.86. The van der Waals surface area contributed by atoms with Gasteiger partial charge in [-0.3, -0.25) is 4.79 Å². The molecule has 2 atom stereocenters. The maximum Gasteiger partial charge on any atom is 0.251 e. The summed E-state index contributed by atoms with van der Waals surface area (Å²) in [5, 5.41) is 3.12. The van der Waals surface area contributed by atoms with Crippen LogP contribution in [0.25, 0.3) is 11.1 Å². The molecule has 0 aromatic heterocycles. The quantitative estimate of drug-likeness (QED) is 0.872. The maximum absolute atomic E-state index is 12.6. The number of nitrogens with one attached hydrogen (secondary N) is 1. The van der Waals surface area contributed by atoms with Crippen LogP contribution in [0.4, 0.5) is 0 Å². The Morgan fingerprint density at radius 1 is 1.12 bits per heavy atom. The van der Waals surface area contributed by atoms with Crippen molar-refractivity contribution in [3.8, 4) is 16.9 Å². The molecule has 2 unspecified atom stereocenters. The van der Waals surface area contributed by atoms with Crippen molar-refractivity contribution in [2.24, 2.45) is 5.92 Å². The minimum Gasteiger partial charge on any atom is -0.493 e. The van der Waals surface area contributed by atoms with Gasteiger partial charge >= 0.3 is 0 Å². The van der Waals surface area contributed by atoms with Crippen LogP contribution >= 0.6 is 0 Å². The molecule has 0 bridgehead atoms. The first kappa shape index (κ1) is 15.0. The molecular formula is C21H22N2O2. The first-order valence-electron chi connectivity index (χ1n) is 9.06. The predicted molar refractivity (Wildman–Crippen MR) is 97.1 cm³/mol. The molecule has 0 spiro atoms. The van der Waals surface area contributed by atoms with Gasteiger partial charge < -0.3 is 15.0 Å². The largest absolute Gasteiger partial charge is 0.493 e. The molecule has 4 heteroatoms. The number of nitrogens with zero attached hydrogens (tertiary/aromatic N) is 1. The number of likely N-dealkylation sites (tertiary alicyclic amines) is 1. The van der Waals surface area contributed by atoms with Crippen molar-refractivity contribution >= 4 is 5.91 Å². The van der Waals surface area contributed by atoms with E-state index in [-0.39, 0.29) is 5.91 Å². The fraction of sp³-hybridized carbons (Fsp3) is 0.381. The Kier molecular flexibility index (Phi) is 3.35. The molecule has 0 aliphatic carbocycles. The van der Waals surface area contributed by atoms with E-state index in [0.717, 1.165) is 55.1 Å². The third-order valence-corrected chi connectivity index (χ3v) is 5.88. The summed E-state index contributed by atoms with van der Waals surface area (Å²) in [4.78, 5) is 15.0. The highest BCUT2D eigenvalue weighted by atomic mass is 16.5. The first-order valence-corrected chi connectivity index (χ1v) is 9.06. The lowest BCUT2D eigenvalue weighted by molar-refractivity contribution is 0.0951. The van der Waals surface area contributed by atoms with Crippen molar-refractivity contribution < 1.29 is 9.53 Å². The van der Waals surface area contributed by atoms with E-state index in [1.54, 1.807) is 0 Å². The second-order valence-corrected chi connectivity index (χ2v) is 7.52. The van der Waals surface area contributed by atoms with Crippen LogP contribution in [0.2, 0.25) is 0 Å². The van der Waals surface area contributed by atoms with Gasteiger partial charge in [0.2, 0.25) is 0 Å². The highest BCUT2D eigenvalue weighted by Gasteiger charge is 2.36. The number of benzene rings is 2. The van der Waals surface area contributed by atoms with Gasteiger partial charge in [-0.25, -0.2) is 0 Å². The Morgan fingerprint density at radius 2 is 1.96 bits per heavy atom. The summed E-state index contributed by atoms with van der Waals surface area (Å²) in [6.07, 6.45) is 0.985. The molecule has 1 saturated heterocycles. The zero-order valence-electron chi connectivity index (χ0n) is 14.4. The van der Waals surface area contributed by atoms with Gasteiger partial charge in [-0.2, -0.15) is 0 Å². The van der Waals surface area contributed by atoms with Gasteiger partial charge in [-0.15, -0.1) is 0 Å². The van der Waals surface area contributed by atoms with Gasteiger partial charge in [0, 0.05) is 37.5 Å². The molecule has 2 aromatic rings. The van der Waals surface area contributed by atoms with Crippen molar-refractivity contribution in [3.05, 3.63) is 53.1 Å². The molecule has 5 rings (SSSR count). The molecule has 1 N–H and O–H groups in total. The molecule has 3 aliphatic heterocycles. The minimum absolute atomic E-state index is 0.0614. The third-order valence-electron chi connectivity index (χ3n) is 5.88. The second kappa shape index (κ2) is 5.60. The molecule has 1 amide bonds. The van der Waals surface area contributed by atoms with Gasteiger partial charge in [0.25, 0.3) is 5.91 Å². The van der Waals surface area contributed by atoms with Gasteiger partial charge in [-0.1, -0.05) is 24.3 Å². The number of rotatable bonds is 1. The summed E-state index contributed by atoms with van der Waals surface area (Å²) in [5.41, 5.74) is 5.50. The van der Waals surface area contributed by atoms with E-state index in [0.29, 0.717) is 11.8 Å². The lowest BCUT2D eigenvalue weighted by Crippen LogP contribution is -2.29. The Bertz CT molecular complexity index is 861. The molecule has 1 fully saturated rings. The molecule has 3 aliphatic rings. The van der Waals surface area contributed by atoms with Crippen LogP contribution in [0.1, 0.15) is 27.4 Å². The molecule has 0 radical (unpaired) electrons. The monoisotopic (exact) mass is 334 g/mol. The van der Waals surface area contributed by atoms with E-state index in [2.05, 4.69) is 53.7 Å². The highest BCUT2D eigenvalue weighted by molar-refractivity contribution is 5.97. The SMILES string of the molecule is CN1CC2CNC(=O)c3cc(-c4ccc5c(c4)OCC5)ccc3C2C1. The molecule has 4 nitrogen and oxygen atoms in total. The molecule has 2 aromatic carbocycles. The van der Waals surface area contributed by atoms with E-state index in [4.69, 9.17) is 4.74 Å². The normalized spacial score (nSPS) is 24.8. The minimum atomic E-state index is 0.0614. The number of hydrogen-bond donors (Lipinski definition) is 1. The van der Waals surface area contributed by atoms with Crippen LogP contribution < -0.4 is 10.1 Å². The zero-order chi connectivity index (χ0) is 17.0. The van der Waals surface area contributed by atoms with Crippen molar-refractivity contribution in [2.45, 2.75) is 12.3 Å². The second-order valence-electron chi connectivity index (χ2n) is 7.52. The summed E-state index contributed by atoms with van der Waals surface area (Å²) in [7, 11) is 2.16. The van der Waals surface area contributed by atoms with Crippen LogP contribution in [0.5, 0.6) is 5.75 Å². The van der Waals surface area contributed by atoms with Crippen LogP contribution in [-0.2, 0) is 6.42 Å². The highest BCUT2D eigenvalue weighted by Crippen LogP contribution is 2.38. The van der Waals surface area contributed by atoms with Crippen LogP contribution in [0, 0.1) is 5.92 Å². The summed E-state index contributed by atoms with van der Waals surface area (Å²) in [5.74, 6) is 1.99. The van der Waals surface area contributed by atoms with E-state index < -0.39 is 0 Å². The topological polar surface area (TPSA) is 41.6 Å². The van der Waals surface area contributed by atoms with E-state index in [1.807, 2.05) is 0 Å². The van der Waals surface area contributed by atoms with E-state index >= 15 is 0 Å². The number of carbonyl (C=O) groups is 1. The van der Waals surface area contributed by atoms with Gasteiger partial charge in [-0.05, 0) is 47.4 Å². The van der Waals surface area contributed by atoms with Crippen molar-refractivity contribution in [2.75, 3.05) is 33.3 Å². The Morgan fingerprint density at radius 3 is 2.88 bits per heavy atom. The maximum atomic E-state index is 12.6. The van der Waals surface area contributed by atoms with Gasteiger partial charge in [0.15, 0.2) is 0 Å². The molecule has 3 heterocycles. The number of likely N-dealkylation sites (N-methyl/N-ethyl adjacent to an activating group) is 1. The summed E-state index contributed by atoms with van der Waals surface area (Å²) >= 11 is 0. The summed E-state index contributed by atoms with van der Waals surface area (Å²) in [6, 6.07) is 12.8. The Hall–Kier alpha value is -2.33. The van der Waals surface area contributed by atoms with Crippen LogP contribution in [0.3, 0.4) is 0 Å². The summed E-state index contributed by atoms with van der Waals surface area (Å²) < 4.78 is 5.70. The molecular weight excluding hydrogens is 312 g/mol. The number of hydrogen-bond acceptors (Lipinski definition) is 3. The van der Waals surface area contributed by atoms with E-state index in [1.165, 1.54) is 11.1 Å². The zero-order valence-corrected chi connectivity index (χ0v) is 14.4. The van der Waals surface area contributed by atoms with Crippen molar-refractivity contribution in [1.29, 1.82) is 0 Å². The number of fused-ring (bicyclic) bond motifs is 4. The van der Waals surface area contributed by atoms with Gasteiger partial charge in [0.1, 0.15) is 5.75 Å². The number of amides is 1. The first-order chi connectivity index (χ1) is 12.2. The average molecular weight is 334 g/mol. The molecule has 128 valence electrons. The standard InChI is InChI=1S/C21H22N2O2/c1-23-11-16-10-22-21(24)18-8-14(4-5-17(18)19(16)12-23)15-3-2-13-6-7-25-20(13)9-15/h2-5,8-9,16,19H,6-7,10-12H2,1H3,(H,22,24). The lowest BCUT2D eigenvalue weighted by Gasteiger charge is -2.17. The van der Waals surface area contributed by atoms with Gasteiger partial charge in [0.05, 0.1) is 6.61 Å². The smallest absolute Gasteiger partial charge is 0.251 e.